The second-order valence-corrected chi connectivity index (χ2v) is 8.56. The Labute approximate surface area is 188 Å². The second kappa shape index (κ2) is 10.5. The van der Waals surface area contributed by atoms with Crippen LogP contribution in [0.1, 0.15) is 29.8 Å². The molecule has 0 unspecified atom stereocenters. The first-order valence-corrected chi connectivity index (χ1v) is 11.3. The molecule has 0 spiro atoms. The Morgan fingerprint density at radius 3 is 2.53 bits per heavy atom. The van der Waals surface area contributed by atoms with Gasteiger partial charge in [0.1, 0.15) is 5.82 Å². The third-order valence-electron chi connectivity index (χ3n) is 5.99. The molecule has 2 heterocycles. The lowest BCUT2D eigenvalue weighted by Crippen LogP contribution is -2.43. The molecule has 168 valence electrons. The zero-order chi connectivity index (χ0) is 22.3. The fourth-order valence-corrected chi connectivity index (χ4v) is 3.99. The van der Waals surface area contributed by atoms with Gasteiger partial charge in [0.15, 0.2) is 0 Å². The lowest BCUT2D eigenvalue weighted by Gasteiger charge is -2.32. The molecule has 4 rings (SSSR count). The first kappa shape index (κ1) is 22.2. The zero-order valence-corrected chi connectivity index (χ0v) is 18.6. The minimum absolute atomic E-state index is 0.00893. The molecule has 32 heavy (non-hydrogen) atoms. The van der Waals surface area contributed by atoms with Crippen molar-refractivity contribution in [2.24, 2.45) is 0 Å². The molecule has 1 amide bonds. The monoisotopic (exact) mass is 433 g/mol. The number of fused-ring (bicyclic) bond motifs is 1. The van der Waals surface area contributed by atoms with E-state index in [0.717, 1.165) is 38.3 Å². The average Bonchev–Trinajstić information content (AvgIpc) is 2.80. The summed E-state index contributed by atoms with van der Waals surface area (Å²) in [7, 11) is 2.17. The molecule has 1 aromatic heterocycles. The van der Waals surface area contributed by atoms with E-state index in [1.54, 1.807) is 6.07 Å². The van der Waals surface area contributed by atoms with Crippen LogP contribution in [-0.2, 0) is 24.3 Å². The van der Waals surface area contributed by atoms with Crippen LogP contribution in [0, 0.1) is 0 Å². The van der Waals surface area contributed by atoms with Gasteiger partial charge in [-0.2, -0.15) is 0 Å². The number of aromatic nitrogens is 2. The number of aryl methyl sites for hydroxylation is 1. The van der Waals surface area contributed by atoms with Gasteiger partial charge in [0.05, 0.1) is 10.9 Å². The molecule has 0 saturated carbocycles. The minimum Gasteiger partial charge on any atom is -0.352 e. The maximum Gasteiger partial charge on any atom is 0.258 e. The molecule has 2 aromatic carbocycles. The van der Waals surface area contributed by atoms with Crippen molar-refractivity contribution in [2.45, 2.75) is 32.4 Å². The van der Waals surface area contributed by atoms with Gasteiger partial charge in [-0.1, -0.05) is 36.4 Å². The van der Waals surface area contributed by atoms with Gasteiger partial charge >= 0.3 is 0 Å². The number of piperazine rings is 1. The third-order valence-corrected chi connectivity index (χ3v) is 5.99. The van der Waals surface area contributed by atoms with Gasteiger partial charge in [-0.15, -0.1) is 0 Å². The largest absolute Gasteiger partial charge is 0.352 e. The first-order valence-electron chi connectivity index (χ1n) is 11.3. The normalized spacial score (nSPS) is 15.2. The Morgan fingerprint density at radius 1 is 1.03 bits per heavy atom. The molecule has 0 bridgehead atoms. The number of nitrogens with zero attached hydrogens (tertiary/aromatic N) is 3. The van der Waals surface area contributed by atoms with Crippen molar-refractivity contribution >= 4 is 16.8 Å². The van der Waals surface area contributed by atoms with Crippen molar-refractivity contribution < 1.29 is 4.79 Å². The molecule has 7 nitrogen and oxygen atoms in total. The van der Waals surface area contributed by atoms with E-state index in [1.165, 1.54) is 5.56 Å². The number of hydrogen-bond acceptors (Lipinski definition) is 5. The van der Waals surface area contributed by atoms with Crippen LogP contribution in [0.3, 0.4) is 0 Å². The molecule has 1 saturated heterocycles. The smallest absolute Gasteiger partial charge is 0.258 e. The molecule has 0 aliphatic carbocycles. The van der Waals surface area contributed by atoms with Gasteiger partial charge in [-0.05, 0) is 36.7 Å². The summed E-state index contributed by atoms with van der Waals surface area (Å²) in [6.45, 7) is 5.96. The number of para-hydroxylation sites is 1. The quantitative estimate of drug-likeness (QED) is 0.570. The van der Waals surface area contributed by atoms with Gasteiger partial charge in [0.2, 0.25) is 5.91 Å². The van der Waals surface area contributed by atoms with Crippen molar-refractivity contribution in [3.63, 3.8) is 0 Å². The Balaban J connectivity index is 1.19. The van der Waals surface area contributed by atoms with E-state index in [9.17, 15) is 9.59 Å². The van der Waals surface area contributed by atoms with E-state index in [1.807, 2.05) is 18.2 Å². The summed E-state index contributed by atoms with van der Waals surface area (Å²) in [4.78, 5) is 36.5. The molecule has 1 aliphatic heterocycles. The SMILES string of the molecule is CN1CCN(Cc2ccc(CNC(=O)CCCc3nc4ccccc4c(=O)[nH]3)cc2)CC1. The maximum absolute atomic E-state index is 12.2. The highest BCUT2D eigenvalue weighted by molar-refractivity contribution is 5.77. The van der Waals surface area contributed by atoms with Gasteiger partial charge in [0.25, 0.3) is 5.56 Å². The number of carbonyl (C=O) groups excluding carboxylic acids is 1. The van der Waals surface area contributed by atoms with E-state index < -0.39 is 0 Å². The highest BCUT2D eigenvalue weighted by atomic mass is 16.1. The van der Waals surface area contributed by atoms with Crippen molar-refractivity contribution in [1.29, 1.82) is 0 Å². The maximum atomic E-state index is 12.2. The number of aromatic amines is 1. The topological polar surface area (TPSA) is 81.3 Å². The summed E-state index contributed by atoms with van der Waals surface area (Å²) in [6.07, 6.45) is 1.60. The van der Waals surface area contributed by atoms with Crippen LogP contribution in [-0.4, -0.2) is 58.9 Å². The van der Waals surface area contributed by atoms with E-state index in [0.29, 0.717) is 42.5 Å². The molecular formula is C25H31N5O2. The van der Waals surface area contributed by atoms with Crippen LogP contribution < -0.4 is 10.9 Å². The summed E-state index contributed by atoms with van der Waals surface area (Å²) >= 11 is 0. The Bertz CT molecular complexity index is 1100. The lowest BCUT2D eigenvalue weighted by atomic mass is 10.1. The van der Waals surface area contributed by atoms with E-state index in [4.69, 9.17) is 0 Å². The Kier molecular flexibility index (Phi) is 7.29. The molecule has 3 aromatic rings. The fourth-order valence-electron chi connectivity index (χ4n) is 3.99. The molecule has 1 fully saturated rings. The Hall–Kier alpha value is -3.03. The molecule has 7 heteroatoms. The zero-order valence-electron chi connectivity index (χ0n) is 18.6. The summed E-state index contributed by atoms with van der Waals surface area (Å²) in [5, 5.41) is 3.57. The highest BCUT2D eigenvalue weighted by Crippen LogP contribution is 2.10. The van der Waals surface area contributed by atoms with Gasteiger partial charge in [-0.3, -0.25) is 14.5 Å². The number of benzene rings is 2. The number of hydrogen-bond donors (Lipinski definition) is 2. The van der Waals surface area contributed by atoms with Crippen LogP contribution in [0.5, 0.6) is 0 Å². The van der Waals surface area contributed by atoms with E-state index in [-0.39, 0.29) is 11.5 Å². The number of nitrogens with one attached hydrogen (secondary N) is 2. The molecular weight excluding hydrogens is 402 g/mol. The minimum atomic E-state index is -0.133. The van der Waals surface area contributed by atoms with Crippen LogP contribution >= 0.6 is 0 Å². The fraction of sp³-hybridized carbons (Fsp3) is 0.400. The van der Waals surface area contributed by atoms with Gasteiger partial charge in [-0.25, -0.2) is 4.98 Å². The number of rotatable bonds is 8. The number of carbonyl (C=O) groups is 1. The number of H-pyrrole nitrogens is 1. The first-order chi connectivity index (χ1) is 15.6. The summed E-state index contributed by atoms with van der Waals surface area (Å²) < 4.78 is 0. The predicted molar refractivity (Wildman–Crippen MR) is 126 cm³/mol. The molecule has 1 aliphatic rings. The van der Waals surface area contributed by atoms with Gasteiger partial charge < -0.3 is 15.2 Å². The highest BCUT2D eigenvalue weighted by Gasteiger charge is 2.13. The van der Waals surface area contributed by atoms with Crippen molar-refractivity contribution in [2.75, 3.05) is 33.2 Å². The predicted octanol–water partition coefficient (Wildman–Crippen LogP) is 2.31. The van der Waals surface area contributed by atoms with Crippen molar-refractivity contribution in [3.8, 4) is 0 Å². The third kappa shape index (κ3) is 6.02. The van der Waals surface area contributed by atoms with Crippen LogP contribution in [0.15, 0.2) is 53.3 Å². The van der Waals surface area contributed by atoms with E-state index >= 15 is 0 Å². The number of likely N-dealkylation sites (N-methyl/N-ethyl adjacent to an activating group) is 1. The van der Waals surface area contributed by atoms with E-state index in [2.05, 4.69) is 56.4 Å². The van der Waals surface area contributed by atoms with Crippen molar-refractivity contribution in [1.82, 2.24) is 25.1 Å². The number of amides is 1. The van der Waals surface area contributed by atoms with Gasteiger partial charge in [0, 0.05) is 52.1 Å². The van der Waals surface area contributed by atoms with Crippen LogP contribution in [0.2, 0.25) is 0 Å². The standard InChI is InChI=1S/C25H31N5O2/c1-29-13-15-30(16-14-29)18-20-11-9-19(10-12-20)17-26-24(31)8-4-7-23-27-22-6-3-2-5-21(22)25(32)28-23/h2-3,5-6,9-12H,4,7-8,13-18H2,1H3,(H,26,31)(H,27,28,32). The summed E-state index contributed by atoms with van der Waals surface area (Å²) in [5.41, 5.74) is 2.96. The van der Waals surface area contributed by atoms with Crippen LogP contribution in [0.4, 0.5) is 0 Å². The second-order valence-electron chi connectivity index (χ2n) is 8.56. The summed E-state index contributed by atoms with van der Waals surface area (Å²) in [5.74, 6) is 0.632. The molecule has 0 radical (unpaired) electrons. The summed E-state index contributed by atoms with van der Waals surface area (Å²) in [6, 6.07) is 15.8. The lowest BCUT2D eigenvalue weighted by molar-refractivity contribution is -0.121. The molecule has 2 N–H and O–H groups in total. The Morgan fingerprint density at radius 2 is 1.75 bits per heavy atom. The average molecular weight is 434 g/mol. The van der Waals surface area contributed by atoms with Crippen molar-refractivity contribution in [3.05, 3.63) is 75.8 Å². The van der Waals surface area contributed by atoms with Crippen LogP contribution in [0.25, 0.3) is 10.9 Å². The molecule has 0 atom stereocenters.